The molecule has 1 unspecified atom stereocenters. The van der Waals surface area contributed by atoms with Crippen molar-refractivity contribution in [3.8, 4) is 0 Å². The summed E-state index contributed by atoms with van der Waals surface area (Å²) in [5.74, 6) is -3.17. The van der Waals surface area contributed by atoms with Crippen LogP contribution in [-0.2, 0) is 9.59 Å². The zero-order chi connectivity index (χ0) is 16.0. The van der Waals surface area contributed by atoms with Gasteiger partial charge in [-0.05, 0) is 30.2 Å². The standard InChI is InChI=1S/C14H18F2N2O2S/c1-8(2)12(17-9(3)19)13(20)18-10-4-6-11(7-5-10)21-14(15)16/h4-8,12,14H,1-3H3,(H,17,19)(H,18,20). The first-order chi connectivity index (χ1) is 9.79. The highest BCUT2D eigenvalue weighted by molar-refractivity contribution is 7.99. The Balaban J connectivity index is 2.70. The van der Waals surface area contributed by atoms with E-state index in [1.54, 1.807) is 12.1 Å². The molecule has 0 spiro atoms. The predicted octanol–water partition coefficient (Wildman–Crippen LogP) is 3.10. The van der Waals surface area contributed by atoms with Crippen molar-refractivity contribution in [1.29, 1.82) is 0 Å². The lowest BCUT2D eigenvalue weighted by molar-refractivity contribution is -0.126. The van der Waals surface area contributed by atoms with Crippen molar-refractivity contribution in [3.63, 3.8) is 0 Å². The molecule has 0 saturated carbocycles. The maximum Gasteiger partial charge on any atom is 0.288 e. The van der Waals surface area contributed by atoms with Crippen molar-refractivity contribution in [1.82, 2.24) is 5.32 Å². The lowest BCUT2D eigenvalue weighted by atomic mass is 10.0. The van der Waals surface area contributed by atoms with Crippen LogP contribution >= 0.6 is 11.8 Å². The summed E-state index contributed by atoms with van der Waals surface area (Å²) in [6.45, 7) is 4.99. The maximum absolute atomic E-state index is 12.2. The third kappa shape index (κ3) is 6.12. The summed E-state index contributed by atoms with van der Waals surface area (Å²) in [7, 11) is 0. The molecule has 0 aliphatic carbocycles. The molecule has 0 heterocycles. The van der Waals surface area contributed by atoms with Crippen LogP contribution in [0.3, 0.4) is 0 Å². The number of carbonyl (C=O) groups is 2. The van der Waals surface area contributed by atoms with E-state index in [1.165, 1.54) is 19.1 Å². The van der Waals surface area contributed by atoms with Crippen LogP contribution in [0, 0.1) is 5.92 Å². The highest BCUT2D eigenvalue weighted by Gasteiger charge is 2.22. The minimum absolute atomic E-state index is 0.0671. The number of thioether (sulfide) groups is 1. The van der Waals surface area contributed by atoms with E-state index in [4.69, 9.17) is 0 Å². The van der Waals surface area contributed by atoms with Crippen molar-refractivity contribution in [2.45, 2.75) is 37.5 Å². The zero-order valence-electron chi connectivity index (χ0n) is 12.0. The maximum atomic E-state index is 12.2. The quantitative estimate of drug-likeness (QED) is 0.793. The minimum atomic E-state index is -2.48. The molecule has 0 aliphatic rings. The highest BCUT2D eigenvalue weighted by Crippen LogP contribution is 2.26. The average molecular weight is 316 g/mol. The third-order valence-corrected chi connectivity index (χ3v) is 3.38. The number of rotatable bonds is 6. The van der Waals surface area contributed by atoms with Gasteiger partial charge in [0, 0.05) is 17.5 Å². The summed E-state index contributed by atoms with van der Waals surface area (Å²) in [4.78, 5) is 23.6. The average Bonchev–Trinajstić information content (AvgIpc) is 2.37. The molecule has 0 aromatic heterocycles. The minimum Gasteiger partial charge on any atom is -0.344 e. The molecular formula is C14H18F2N2O2S. The van der Waals surface area contributed by atoms with Crippen LogP contribution in [0.2, 0.25) is 0 Å². The summed E-state index contributed by atoms with van der Waals surface area (Å²) < 4.78 is 24.4. The molecule has 21 heavy (non-hydrogen) atoms. The fourth-order valence-electron chi connectivity index (χ4n) is 1.69. The van der Waals surface area contributed by atoms with Crippen LogP contribution in [0.4, 0.5) is 14.5 Å². The summed E-state index contributed by atoms with van der Waals surface area (Å²) in [6, 6.07) is 5.48. The van der Waals surface area contributed by atoms with E-state index in [9.17, 15) is 18.4 Å². The molecule has 1 aromatic rings. The van der Waals surface area contributed by atoms with Crippen molar-refractivity contribution in [2.75, 3.05) is 5.32 Å². The Morgan fingerprint density at radius 1 is 1.14 bits per heavy atom. The first kappa shape index (κ1) is 17.4. The molecule has 0 saturated heterocycles. The Hall–Kier alpha value is -1.63. The van der Waals surface area contributed by atoms with Gasteiger partial charge >= 0.3 is 0 Å². The van der Waals surface area contributed by atoms with Gasteiger partial charge in [-0.3, -0.25) is 9.59 Å². The van der Waals surface area contributed by atoms with Gasteiger partial charge in [0.2, 0.25) is 11.8 Å². The molecule has 2 N–H and O–H groups in total. The molecule has 7 heteroatoms. The van der Waals surface area contributed by atoms with Crippen LogP contribution in [0.25, 0.3) is 0 Å². The number of hydrogen-bond acceptors (Lipinski definition) is 3. The third-order valence-electron chi connectivity index (χ3n) is 2.65. The monoisotopic (exact) mass is 316 g/mol. The van der Waals surface area contributed by atoms with Crippen LogP contribution < -0.4 is 10.6 Å². The smallest absolute Gasteiger partial charge is 0.288 e. The molecule has 2 amide bonds. The molecule has 0 fully saturated rings. The Labute approximate surface area is 126 Å². The van der Waals surface area contributed by atoms with Crippen LogP contribution in [0.5, 0.6) is 0 Å². The number of anilines is 1. The van der Waals surface area contributed by atoms with Gasteiger partial charge < -0.3 is 10.6 Å². The van der Waals surface area contributed by atoms with Crippen molar-refractivity contribution in [2.24, 2.45) is 5.92 Å². The van der Waals surface area contributed by atoms with E-state index >= 15 is 0 Å². The number of benzene rings is 1. The van der Waals surface area contributed by atoms with Crippen molar-refractivity contribution in [3.05, 3.63) is 24.3 Å². The fourth-order valence-corrected chi connectivity index (χ4v) is 2.19. The van der Waals surface area contributed by atoms with Crippen LogP contribution in [-0.4, -0.2) is 23.6 Å². The van der Waals surface area contributed by atoms with Crippen molar-refractivity contribution < 1.29 is 18.4 Å². The van der Waals surface area contributed by atoms with E-state index in [-0.39, 0.29) is 17.7 Å². The Kier molecular flexibility index (Phi) is 6.61. The van der Waals surface area contributed by atoms with Gasteiger partial charge in [-0.1, -0.05) is 25.6 Å². The summed E-state index contributed by atoms with van der Waals surface area (Å²) >= 11 is 0.443. The number of hydrogen-bond donors (Lipinski definition) is 2. The first-order valence-electron chi connectivity index (χ1n) is 6.42. The lowest BCUT2D eigenvalue weighted by Gasteiger charge is -2.21. The molecule has 4 nitrogen and oxygen atoms in total. The molecule has 0 aliphatic heterocycles. The largest absolute Gasteiger partial charge is 0.344 e. The Bertz CT molecular complexity index is 492. The van der Waals surface area contributed by atoms with E-state index in [0.717, 1.165) is 0 Å². The number of nitrogens with one attached hydrogen (secondary N) is 2. The molecule has 0 radical (unpaired) electrons. The fraction of sp³-hybridized carbons (Fsp3) is 0.429. The first-order valence-corrected chi connectivity index (χ1v) is 7.30. The summed E-state index contributed by atoms with van der Waals surface area (Å²) in [5, 5.41) is 5.24. The van der Waals surface area contributed by atoms with Crippen molar-refractivity contribution >= 4 is 29.3 Å². The molecule has 116 valence electrons. The topological polar surface area (TPSA) is 58.2 Å². The summed E-state index contributed by atoms with van der Waals surface area (Å²) in [5.41, 5.74) is 0.495. The number of halogens is 2. The van der Waals surface area contributed by atoms with E-state index < -0.39 is 11.8 Å². The second kappa shape index (κ2) is 7.97. The van der Waals surface area contributed by atoms with Crippen LogP contribution in [0.15, 0.2) is 29.2 Å². The molecule has 0 bridgehead atoms. The van der Waals surface area contributed by atoms with E-state index in [2.05, 4.69) is 10.6 Å². The SMILES string of the molecule is CC(=O)NC(C(=O)Nc1ccc(SC(F)F)cc1)C(C)C. The number of amides is 2. The molecule has 1 atom stereocenters. The molecule has 1 rings (SSSR count). The highest BCUT2D eigenvalue weighted by atomic mass is 32.2. The predicted molar refractivity (Wildman–Crippen MR) is 79.4 cm³/mol. The Morgan fingerprint density at radius 3 is 2.14 bits per heavy atom. The van der Waals surface area contributed by atoms with Gasteiger partial charge in [-0.2, -0.15) is 8.78 Å². The number of carbonyl (C=O) groups excluding carboxylic acids is 2. The Morgan fingerprint density at radius 2 is 1.71 bits per heavy atom. The molecular weight excluding hydrogens is 298 g/mol. The normalized spacial score (nSPS) is 12.3. The van der Waals surface area contributed by atoms with Crippen LogP contribution in [0.1, 0.15) is 20.8 Å². The zero-order valence-corrected chi connectivity index (χ0v) is 12.8. The van der Waals surface area contributed by atoms with Gasteiger partial charge in [0.1, 0.15) is 6.04 Å². The van der Waals surface area contributed by atoms with Gasteiger partial charge in [0.25, 0.3) is 5.76 Å². The lowest BCUT2D eigenvalue weighted by Crippen LogP contribution is -2.46. The van der Waals surface area contributed by atoms with Gasteiger partial charge in [-0.25, -0.2) is 0 Å². The second-order valence-electron chi connectivity index (χ2n) is 4.81. The van der Waals surface area contributed by atoms with E-state index in [1.807, 2.05) is 13.8 Å². The van der Waals surface area contributed by atoms with Gasteiger partial charge in [-0.15, -0.1) is 0 Å². The second-order valence-corrected chi connectivity index (χ2v) is 5.88. The van der Waals surface area contributed by atoms with E-state index in [0.29, 0.717) is 22.3 Å². The molecule has 1 aromatic carbocycles. The van der Waals surface area contributed by atoms with Gasteiger partial charge in [0.15, 0.2) is 0 Å². The number of alkyl halides is 2. The summed E-state index contributed by atoms with van der Waals surface area (Å²) in [6.07, 6.45) is 0. The van der Waals surface area contributed by atoms with Gasteiger partial charge in [0.05, 0.1) is 0 Å².